The number of nitrogens with one attached hydrogen (secondary N) is 1. The molecule has 5 rings (SSSR count). The molecular formula is C23H23N5. The van der Waals surface area contributed by atoms with Crippen molar-refractivity contribution in [3.63, 3.8) is 0 Å². The van der Waals surface area contributed by atoms with Gasteiger partial charge in [0.05, 0.1) is 22.8 Å². The molecule has 5 nitrogen and oxygen atoms in total. The number of hydrogen-bond donors (Lipinski definition) is 1. The van der Waals surface area contributed by atoms with Crippen LogP contribution in [0.15, 0.2) is 54.9 Å². The van der Waals surface area contributed by atoms with E-state index in [0.29, 0.717) is 6.04 Å². The summed E-state index contributed by atoms with van der Waals surface area (Å²) >= 11 is 0. The van der Waals surface area contributed by atoms with Gasteiger partial charge in [0.15, 0.2) is 0 Å². The Bertz CT molecular complexity index is 1160. The summed E-state index contributed by atoms with van der Waals surface area (Å²) in [6.45, 7) is 1.94. The fourth-order valence-electron chi connectivity index (χ4n) is 4.15. The zero-order valence-corrected chi connectivity index (χ0v) is 16.2. The second-order valence-electron chi connectivity index (χ2n) is 7.53. The molecule has 1 aromatic carbocycles. The van der Waals surface area contributed by atoms with E-state index in [1.54, 1.807) is 0 Å². The van der Waals surface area contributed by atoms with Crippen molar-refractivity contribution in [2.75, 3.05) is 5.32 Å². The van der Waals surface area contributed by atoms with Gasteiger partial charge in [-0.3, -0.25) is 4.98 Å². The van der Waals surface area contributed by atoms with Crippen LogP contribution < -0.4 is 5.32 Å². The minimum absolute atomic E-state index is 0.292. The standard InChI is InChI=1S/C23H23N5/c1-15-25-21(17-12-22-20(24-14-17)10-11-28(22)2)13-23(26-15)27-19-9-5-7-16-6-3-4-8-18(16)19/h3-4,6,8,10-14,19H,5,7,9H2,1-2H3,(H,25,26,27). The minimum atomic E-state index is 0.292. The number of pyridine rings is 1. The summed E-state index contributed by atoms with van der Waals surface area (Å²) in [7, 11) is 2.03. The van der Waals surface area contributed by atoms with E-state index >= 15 is 0 Å². The van der Waals surface area contributed by atoms with Gasteiger partial charge in [-0.25, -0.2) is 9.97 Å². The molecule has 3 aromatic heterocycles. The Kier molecular flexibility index (Phi) is 4.08. The number of fused-ring (bicyclic) bond motifs is 2. The molecule has 1 unspecified atom stereocenters. The molecule has 0 saturated carbocycles. The second kappa shape index (κ2) is 6.75. The molecule has 1 N–H and O–H groups in total. The van der Waals surface area contributed by atoms with Crippen LogP contribution in [0.5, 0.6) is 0 Å². The SMILES string of the molecule is Cc1nc(NC2CCCc3ccccc32)cc(-c2cnc3ccn(C)c3c2)n1. The van der Waals surface area contributed by atoms with Crippen LogP contribution in [0.1, 0.15) is 35.8 Å². The lowest BCUT2D eigenvalue weighted by molar-refractivity contribution is 0.598. The molecule has 1 aliphatic carbocycles. The highest BCUT2D eigenvalue weighted by Gasteiger charge is 2.20. The number of benzene rings is 1. The van der Waals surface area contributed by atoms with E-state index in [0.717, 1.165) is 46.8 Å². The summed E-state index contributed by atoms with van der Waals surface area (Å²) in [6, 6.07) is 15.2. The highest BCUT2D eigenvalue weighted by Crippen LogP contribution is 2.32. The lowest BCUT2D eigenvalue weighted by Gasteiger charge is -2.27. The molecule has 1 aliphatic rings. The van der Waals surface area contributed by atoms with Gasteiger partial charge in [-0.05, 0) is 49.4 Å². The topological polar surface area (TPSA) is 55.6 Å². The first-order chi connectivity index (χ1) is 13.7. The molecule has 4 aromatic rings. The van der Waals surface area contributed by atoms with E-state index in [9.17, 15) is 0 Å². The molecule has 140 valence electrons. The van der Waals surface area contributed by atoms with Gasteiger partial charge >= 0.3 is 0 Å². The van der Waals surface area contributed by atoms with Gasteiger partial charge in [0.1, 0.15) is 11.6 Å². The van der Waals surface area contributed by atoms with Crippen LogP contribution in [-0.2, 0) is 13.5 Å². The predicted octanol–water partition coefficient (Wildman–Crippen LogP) is 4.83. The maximum atomic E-state index is 4.66. The van der Waals surface area contributed by atoms with Crippen molar-refractivity contribution in [2.24, 2.45) is 7.05 Å². The Balaban J connectivity index is 1.50. The summed E-state index contributed by atoms with van der Waals surface area (Å²) in [4.78, 5) is 13.9. The third-order valence-electron chi connectivity index (χ3n) is 5.56. The molecule has 5 heteroatoms. The van der Waals surface area contributed by atoms with E-state index in [-0.39, 0.29) is 0 Å². The minimum Gasteiger partial charge on any atom is -0.363 e. The van der Waals surface area contributed by atoms with Crippen LogP contribution in [0.2, 0.25) is 0 Å². The molecule has 0 radical (unpaired) electrons. The largest absolute Gasteiger partial charge is 0.363 e. The zero-order valence-electron chi connectivity index (χ0n) is 16.2. The quantitative estimate of drug-likeness (QED) is 0.562. The highest BCUT2D eigenvalue weighted by atomic mass is 15.1. The smallest absolute Gasteiger partial charge is 0.130 e. The number of anilines is 1. The number of aromatic nitrogens is 4. The third kappa shape index (κ3) is 3.03. The van der Waals surface area contributed by atoms with Crippen LogP contribution in [-0.4, -0.2) is 19.5 Å². The Labute approximate surface area is 164 Å². The Morgan fingerprint density at radius 1 is 1.11 bits per heavy atom. The van der Waals surface area contributed by atoms with Crippen LogP contribution in [0, 0.1) is 6.92 Å². The Morgan fingerprint density at radius 3 is 2.93 bits per heavy atom. The number of nitrogens with zero attached hydrogens (tertiary/aromatic N) is 4. The van der Waals surface area contributed by atoms with Gasteiger partial charge < -0.3 is 9.88 Å². The van der Waals surface area contributed by atoms with Crippen molar-refractivity contribution in [1.29, 1.82) is 0 Å². The third-order valence-corrected chi connectivity index (χ3v) is 5.56. The molecule has 0 saturated heterocycles. The second-order valence-corrected chi connectivity index (χ2v) is 7.53. The van der Waals surface area contributed by atoms with E-state index in [2.05, 4.69) is 55.2 Å². The number of hydrogen-bond acceptors (Lipinski definition) is 4. The number of aryl methyl sites for hydroxylation is 3. The molecule has 0 aliphatic heterocycles. The first kappa shape index (κ1) is 16.9. The fraction of sp³-hybridized carbons (Fsp3) is 0.261. The zero-order chi connectivity index (χ0) is 19.1. The first-order valence-electron chi connectivity index (χ1n) is 9.79. The van der Waals surface area contributed by atoms with Crippen LogP contribution in [0.25, 0.3) is 22.3 Å². The van der Waals surface area contributed by atoms with Crippen molar-refractivity contribution in [3.8, 4) is 11.3 Å². The maximum Gasteiger partial charge on any atom is 0.130 e. The van der Waals surface area contributed by atoms with E-state index in [1.807, 2.05) is 38.5 Å². The van der Waals surface area contributed by atoms with Gasteiger partial charge in [0.2, 0.25) is 0 Å². The van der Waals surface area contributed by atoms with Crippen molar-refractivity contribution in [1.82, 2.24) is 19.5 Å². The summed E-state index contributed by atoms with van der Waals surface area (Å²) in [5.41, 5.74) is 6.83. The molecule has 3 heterocycles. The first-order valence-corrected chi connectivity index (χ1v) is 9.79. The van der Waals surface area contributed by atoms with Crippen LogP contribution >= 0.6 is 0 Å². The molecule has 28 heavy (non-hydrogen) atoms. The summed E-state index contributed by atoms with van der Waals surface area (Å²) in [5, 5.41) is 3.65. The average molecular weight is 369 g/mol. The molecule has 0 fully saturated rings. The number of rotatable bonds is 3. The molecular weight excluding hydrogens is 346 g/mol. The lowest BCUT2D eigenvalue weighted by Crippen LogP contribution is -2.18. The van der Waals surface area contributed by atoms with Crippen molar-refractivity contribution < 1.29 is 0 Å². The molecule has 0 bridgehead atoms. The summed E-state index contributed by atoms with van der Waals surface area (Å²) in [5.74, 6) is 1.63. The van der Waals surface area contributed by atoms with Crippen molar-refractivity contribution in [2.45, 2.75) is 32.2 Å². The molecule has 1 atom stereocenters. The van der Waals surface area contributed by atoms with Crippen molar-refractivity contribution in [3.05, 3.63) is 71.8 Å². The van der Waals surface area contributed by atoms with E-state index in [1.165, 1.54) is 17.5 Å². The fourth-order valence-corrected chi connectivity index (χ4v) is 4.15. The van der Waals surface area contributed by atoms with Gasteiger partial charge in [-0.2, -0.15) is 0 Å². The summed E-state index contributed by atoms with van der Waals surface area (Å²) < 4.78 is 2.08. The van der Waals surface area contributed by atoms with Gasteiger partial charge in [-0.1, -0.05) is 24.3 Å². The Hall–Kier alpha value is -3.21. The normalized spacial score (nSPS) is 16.1. The summed E-state index contributed by atoms with van der Waals surface area (Å²) in [6.07, 6.45) is 7.39. The Morgan fingerprint density at radius 2 is 2.00 bits per heavy atom. The predicted molar refractivity (Wildman–Crippen MR) is 112 cm³/mol. The molecule has 0 amide bonds. The van der Waals surface area contributed by atoms with Gasteiger partial charge in [0, 0.05) is 31.1 Å². The van der Waals surface area contributed by atoms with Gasteiger partial charge in [0.25, 0.3) is 0 Å². The monoisotopic (exact) mass is 369 g/mol. The van der Waals surface area contributed by atoms with Crippen LogP contribution in [0.4, 0.5) is 5.82 Å². The lowest BCUT2D eigenvalue weighted by atomic mass is 9.88. The maximum absolute atomic E-state index is 4.66. The van der Waals surface area contributed by atoms with E-state index in [4.69, 9.17) is 0 Å². The molecule has 0 spiro atoms. The van der Waals surface area contributed by atoms with E-state index < -0.39 is 0 Å². The van der Waals surface area contributed by atoms with Gasteiger partial charge in [-0.15, -0.1) is 0 Å². The van der Waals surface area contributed by atoms with Crippen molar-refractivity contribution >= 4 is 16.9 Å². The van der Waals surface area contributed by atoms with Crippen LogP contribution in [0.3, 0.4) is 0 Å². The average Bonchev–Trinajstić information content (AvgIpc) is 3.08. The highest BCUT2D eigenvalue weighted by molar-refractivity contribution is 5.81.